The molecule has 0 unspecified atom stereocenters. The minimum atomic E-state index is 0.693. The molecule has 0 N–H and O–H groups in total. The molecule has 3 nitrogen and oxygen atoms in total. The Hall–Kier alpha value is -2.04. The summed E-state index contributed by atoms with van der Waals surface area (Å²) in [5.41, 5.74) is 4.23. The van der Waals surface area contributed by atoms with E-state index in [0.29, 0.717) is 5.92 Å². The molecule has 0 aliphatic heterocycles. The molecule has 0 saturated heterocycles. The second-order valence-corrected chi connectivity index (χ2v) is 7.84. The molecule has 0 radical (unpaired) electrons. The number of thioether (sulfide) groups is 1. The van der Waals surface area contributed by atoms with Crippen LogP contribution in [0.1, 0.15) is 19.4 Å². The SMILES string of the molecule is COCCc1ccc(-c2cc(-c3ccc(SCC(C)C)cc3)no2)cc1. The summed E-state index contributed by atoms with van der Waals surface area (Å²) in [6.45, 7) is 5.21. The van der Waals surface area contributed by atoms with Gasteiger partial charge in [-0.15, -0.1) is 11.8 Å². The van der Waals surface area contributed by atoms with Gasteiger partial charge < -0.3 is 9.26 Å². The summed E-state index contributed by atoms with van der Waals surface area (Å²) >= 11 is 1.89. The van der Waals surface area contributed by atoms with Crippen LogP contribution in [0.15, 0.2) is 64.0 Å². The van der Waals surface area contributed by atoms with Crippen LogP contribution in [0.4, 0.5) is 0 Å². The van der Waals surface area contributed by atoms with Gasteiger partial charge in [0.2, 0.25) is 0 Å². The third kappa shape index (κ3) is 4.99. The molecule has 136 valence electrons. The molecule has 26 heavy (non-hydrogen) atoms. The fraction of sp³-hybridized carbons (Fsp3) is 0.318. The third-order valence-corrected chi connectivity index (χ3v) is 5.52. The topological polar surface area (TPSA) is 35.3 Å². The van der Waals surface area contributed by atoms with Gasteiger partial charge >= 0.3 is 0 Å². The summed E-state index contributed by atoms with van der Waals surface area (Å²) in [5.74, 6) is 2.61. The molecule has 0 saturated carbocycles. The Labute approximate surface area is 159 Å². The van der Waals surface area contributed by atoms with Crippen molar-refractivity contribution in [3.8, 4) is 22.6 Å². The third-order valence-electron chi connectivity index (χ3n) is 4.08. The van der Waals surface area contributed by atoms with Crippen LogP contribution in [0.25, 0.3) is 22.6 Å². The minimum Gasteiger partial charge on any atom is -0.384 e. The van der Waals surface area contributed by atoms with Crippen LogP contribution >= 0.6 is 11.8 Å². The number of hydrogen-bond acceptors (Lipinski definition) is 4. The molecule has 3 rings (SSSR count). The Bertz CT molecular complexity index is 807. The lowest BCUT2D eigenvalue weighted by molar-refractivity contribution is 0.202. The molecular formula is C22H25NO2S. The molecule has 0 amide bonds. The number of ether oxygens (including phenoxy) is 1. The smallest absolute Gasteiger partial charge is 0.167 e. The molecule has 3 aromatic rings. The molecule has 0 bridgehead atoms. The van der Waals surface area contributed by atoms with Crippen molar-refractivity contribution < 1.29 is 9.26 Å². The van der Waals surface area contributed by atoms with Crippen LogP contribution in [0, 0.1) is 5.92 Å². The highest BCUT2D eigenvalue weighted by Crippen LogP contribution is 2.28. The average molecular weight is 368 g/mol. The Kier molecular flexibility index (Phi) is 6.53. The van der Waals surface area contributed by atoms with Gasteiger partial charge in [-0.2, -0.15) is 0 Å². The Morgan fingerprint density at radius 1 is 1.00 bits per heavy atom. The van der Waals surface area contributed by atoms with E-state index in [-0.39, 0.29) is 0 Å². The van der Waals surface area contributed by atoms with Crippen molar-refractivity contribution in [2.45, 2.75) is 25.2 Å². The number of aromatic nitrogens is 1. The van der Waals surface area contributed by atoms with Gasteiger partial charge in [-0.25, -0.2) is 0 Å². The molecule has 0 fully saturated rings. The van der Waals surface area contributed by atoms with Crippen LogP contribution in [-0.4, -0.2) is 24.6 Å². The molecule has 1 heterocycles. The van der Waals surface area contributed by atoms with Crippen molar-refractivity contribution >= 4 is 11.8 Å². The summed E-state index contributed by atoms with van der Waals surface area (Å²) in [7, 11) is 1.72. The molecule has 0 aliphatic rings. The lowest BCUT2D eigenvalue weighted by atomic mass is 10.1. The lowest BCUT2D eigenvalue weighted by Gasteiger charge is -2.04. The van der Waals surface area contributed by atoms with Crippen molar-refractivity contribution in [1.82, 2.24) is 5.16 Å². The second kappa shape index (κ2) is 9.06. The van der Waals surface area contributed by atoms with Crippen molar-refractivity contribution in [3.63, 3.8) is 0 Å². The maximum absolute atomic E-state index is 5.56. The summed E-state index contributed by atoms with van der Waals surface area (Å²) in [6.07, 6.45) is 0.916. The van der Waals surface area contributed by atoms with Crippen molar-refractivity contribution in [1.29, 1.82) is 0 Å². The van der Waals surface area contributed by atoms with Gasteiger partial charge in [0, 0.05) is 35.0 Å². The average Bonchev–Trinajstić information content (AvgIpc) is 3.15. The highest BCUT2D eigenvalue weighted by Gasteiger charge is 2.09. The predicted octanol–water partition coefficient (Wildman–Crippen LogP) is 5.95. The first-order valence-corrected chi connectivity index (χ1v) is 9.92. The summed E-state index contributed by atoms with van der Waals surface area (Å²) in [4.78, 5) is 1.29. The van der Waals surface area contributed by atoms with Gasteiger partial charge in [-0.05, 0) is 30.0 Å². The fourth-order valence-electron chi connectivity index (χ4n) is 2.59. The summed E-state index contributed by atoms with van der Waals surface area (Å²) < 4.78 is 10.7. The normalized spacial score (nSPS) is 11.2. The van der Waals surface area contributed by atoms with Gasteiger partial charge in [0.1, 0.15) is 5.69 Å². The molecule has 0 atom stereocenters. The number of hydrogen-bond donors (Lipinski definition) is 0. The lowest BCUT2D eigenvalue weighted by Crippen LogP contribution is -1.93. The van der Waals surface area contributed by atoms with E-state index < -0.39 is 0 Å². The first-order valence-electron chi connectivity index (χ1n) is 8.94. The summed E-state index contributed by atoms with van der Waals surface area (Å²) in [6, 6.07) is 18.9. The van der Waals surface area contributed by atoms with E-state index in [1.54, 1.807) is 7.11 Å². The number of benzene rings is 2. The number of methoxy groups -OCH3 is 1. The quantitative estimate of drug-likeness (QED) is 0.461. The highest BCUT2D eigenvalue weighted by atomic mass is 32.2. The van der Waals surface area contributed by atoms with E-state index >= 15 is 0 Å². The largest absolute Gasteiger partial charge is 0.384 e. The Morgan fingerprint density at radius 3 is 2.35 bits per heavy atom. The van der Waals surface area contributed by atoms with Crippen LogP contribution in [-0.2, 0) is 11.2 Å². The van der Waals surface area contributed by atoms with Crippen molar-refractivity contribution in [3.05, 3.63) is 60.2 Å². The van der Waals surface area contributed by atoms with E-state index in [9.17, 15) is 0 Å². The zero-order chi connectivity index (χ0) is 18.4. The van der Waals surface area contributed by atoms with Gasteiger partial charge in [-0.3, -0.25) is 0 Å². The van der Waals surface area contributed by atoms with Gasteiger partial charge in [0.15, 0.2) is 5.76 Å². The summed E-state index contributed by atoms with van der Waals surface area (Å²) in [5, 5.41) is 4.24. The Balaban J connectivity index is 1.69. The zero-order valence-corrected chi connectivity index (χ0v) is 16.4. The van der Waals surface area contributed by atoms with Crippen LogP contribution in [0.3, 0.4) is 0 Å². The van der Waals surface area contributed by atoms with Crippen LogP contribution in [0.2, 0.25) is 0 Å². The Morgan fingerprint density at radius 2 is 1.69 bits per heavy atom. The van der Waals surface area contributed by atoms with E-state index in [1.165, 1.54) is 10.5 Å². The zero-order valence-electron chi connectivity index (χ0n) is 15.6. The minimum absolute atomic E-state index is 0.693. The first-order chi connectivity index (χ1) is 12.7. The highest BCUT2D eigenvalue weighted by molar-refractivity contribution is 7.99. The van der Waals surface area contributed by atoms with Crippen LogP contribution < -0.4 is 0 Å². The van der Waals surface area contributed by atoms with Crippen molar-refractivity contribution in [2.75, 3.05) is 19.5 Å². The van der Waals surface area contributed by atoms with Gasteiger partial charge in [0.05, 0.1) is 6.61 Å². The van der Waals surface area contributed by atoms with E-state index in [0.717, 1.165) is 41.4 Å². The molecule has 4 heteroatoms. The van der Waals surface area contributed by atoms with E-state index in [2.05, 4.69) is 67.5 Å². The molecule has 0 spiro atoms. The molecule has 2 aromatic carbocycles. The standard InChI is InChI=1S/C22H25NO2S/c1-16(2)15-26-20-10-8-18(9-11-20)21-14-22(25-23-21)19-6-4-17(5-7-19)12-13-24-3/h4-11,14,16H,12-13,15H2,1-3H3. The van der Waals surface area contributed by atoms with Crippen molar-refractivity contribution in [2.24, 2.45) is 5.92 Å². The number of nitrogens with zero attached hydrogens (tertiary/aromatic N) is 1. The first kappa shape index (κ1) is 18.7. The molecule has 0 aliphatic carbocycles. The fourth-order valence-corrected chi connectivity index (χ4v) is 3.44. The van der Waals surface area contributed by atoms with E-state index in [4.69, 9.17) is 9.26 Å². The second-order valence-electron chi connectivity index (χ2n) is 6.75. The maximum atomic E-state index is 5.56. The van der Waals surface area contributed by atoms with E-state index in [1.807, 2.05) is 17.8 Å². The molecule has 1 aromatic heterocycles. The predicted molar refractivity (Wildman–Crippen MR) is 109 cm³/mol. The monoisotopic (exact) mass is 367 g/mol. The number of rotatable bonds is 8. The van der Waals surface area contributed by atoms with Gasteiger partial charge in [0.25, 0.3) is 0 Å². The maximum Gasteiger partial charge on any atom is 0.167 e. The molecular weight excluding hydrogens is 342 g/mol. The van der Waals surface area contributed by atoms with Gasteiger partial charge in [-0.1, -0.05) is 55.4 Å². The van der Waals surface area contributed by atoms with Crippen LogP contribution in [0.5, 0.6) is 0 Å².